The maximum atomic E-state index is 13.4. The van der Waals surface area contributed by atoms with Crippen LogP contribution in [0, 0.1) is 15.9 Å². The van der Waals surface area contributed by atoms with Crippen LogP contribution in [0.3, 0.4) is 0 Å². The Morgan fingerprint density at radius 3 is 2.59 bits per heavy atom. The highest BCUT2D eigenvalue weighted by Crippen LogP contribution is 2.33. The van der Waals surface area contributed by atoms with Crippen molar-refractivity contribution in [3.63, 3.8) is 0 Å². The molecule has 0 N–H and O–H groups in total. The number of nitrogens with zero attached hydrogens (tertiary/aromatic N) is 3. The predicted octanol–water partition coefficient (Wildman–Crippen LogP) is 3.79. The van der Waals surface area contributed by atoms with E-state index >= 15 is 0 Å². The SMILES string of the molecule is O=[N+]([O-])c1ccc(N2CCCCC2)cc1-c1cc(F)ccn1. The molecule has 0 bridgehead atoms. The number of hydrogen-bond acceptors (Lipinski definition) is 4. The molecule has 3 rings (SSSR count). The van der Waals surface area contributed by atoms with E-state index in [4.69, 9.17) is 0 Å². The van der Waals surface area contributed by atoms with Crippen molar-refractivity contribution >= 4 is 11.4 Å². The molecule has 1 aromatic heterocycles. The van der Waals surface area contributed by atoms with Gasteiger partial charge in [0.05, 0.1) is 16.2 Å². The van der Waals surface area contributed by atoms with E-state index in [9.17, 15) is 14.5 Å². The highest BCUT2D eigenvalue weighted by molar-refractivity contribution is 5.75. The van der Waals surface area contributed by atoms with Gasteiger partial charge in [-0.25, -0.2) is 4.39 Å². The summed E-state index contributed by atoms with van der Waals surface area (Å²) in [5, 5.41) is 11.2. The standard InChI is InChI=1S/C16H16FN3O2/c17-12-6-7-18-15(10-12)14-11-13(4-5-16(14)20(21)22)19-8-2-1-3-9-19/h4-7,10-11H,1-3,8-9H2. The third-order valence-electron chi connectivity index (χ3n) is 3.90. The van der Waals surface area contributed by atoms with Gasteiger partial charge in [0.25, 0.3) is 5.69 Å². The van der Waals surface area contributed by atoms with E-state index in [1.165, 1.54) is 30.8 Å². The second-order valence-corrected chi connectivity index (χ2v) is 5.37. The van der Waals surface area contributed by atoms with E-state index < -0.39 is 10.7 Å². The summed E-state index contributed by atoms with van der Waals surface area (Å²) in [6.45, 7) is 1.88. The quantitative estimate of drug-likeness (QED) is 0.639. The molecule has 0 aliphatic carbocycles. The van der Waals surface area contributed by atoms with Gasteiger partial charge < -0.3 is 4.90 Å². The number of hydrogen-bond donors (Lipinski definition) is 0. The first kappa shape index (κ1) is 14.4. The molecule has 6 heteroatoms. The van der Waals surface area contributed by atoms with E-state index in [2.05, 4.69) is 9.88 Å². The van der Waals surface area contributed by atoms with Gasteiger partial charge in [0.15, 0.2) is 0 Å². The topological polar surface area (TPSA) is 59.3 Å². The summed E-state index contributed by atoms with van der Waals surface area (Å²) in [7, 11) is 0. The molecule has 0 saturated carbocycles. The van der Waals surface area contributed by atoms with Crippen molar-refractivity contribution in [2.45, 2.75) is 19.3 Å². The minimum Gasteiger partial charge on any atom is -0.372 e. The number of halogens is 1. The fraction of sp³-hybridized carbons (Fsp3) is 0.312. The van der Waals surface area contributed by atoms with Crippen molar-refractivity contribution in [2.24, 2.45) is 0 Å². The maximum absolute atomic E-state index is 13.4. The maximum Gasteiger partial charge on any atom is 0.278 e. The summed E-state index contributed by atoms with van der Waals surface area (Å²) >= 11 is 0. The second-order valence-electron chi connectivity index (χ2n) is 5.37. The van der Waals surface area contributed by atoms with Gasteiger partial charge in [-0.3, -0.25) is 15.1 Å². The van der Waals surface area contributed by atoms with Crippen molar-refractivity contribution in [2.75, 3.05) is 18.0 Å². The van der Waals surface area contributed by atoms with Gasteiger partial charge in [0, 0.05) is 37.1 Å². The average molecular weight is 301 g/mol. The van der Waals surface area contributed by atoms with Crippen LogP contribution in [0.1, 0.15) is 19.3 Å². The third-order valence-corrected chi connectivity index (χ3v) is 3.90. The molecule has 1 aromatic carbocycles. The first-order valence-corrected chi connectivity index (χ1v) is 7.30. The molecule has 1 saturated heterocycles. The molecule has 2 aromatic rings. The smallest absolute Gasteiger partial charge is 0.278 e. The number of nitro groups is 1. The summed E-state index contributed by atoms with van der Waals surface area (Å²) in [6.07, 6.45) is 4.76. The Balaban J connectivity index is 2.06. The largest absolute Gasteiger partial charge is 0.372 e. The summed E-state index contributed by atoms with van der Waals surface area (Å²) in [5.74, 6) is -0.456. The molecule has 1 aliphatic rings. The Hall–Kier alpha value is -2.50. The zero-order chi connectivity index (χ0) is 15.5. The van der Waals surface area contributed by atoms with E-state index in [1.54, 1.807) is 12.1 Å². The average Bonchev–Trinajstić information content (AvgIpc) is 2.55. The monoisotopic (exact) mass is 301 g/mol. The van der Waals surface area contributed by atoms with Crippen LogP contribution >= 0.6 is 0 Å². The number of rotatable bonds is 3. The molecule has 0 spiro atoms. The molecule has 0 unspecified atom stereocenters. The van der Waals surface area contributed by atoms with E-state index in [-0.39, 0.29) is 11.4 Å². The van der Waals surface area contributed by atoms with Crippen LogP contribution in [0.4, 0.5) is 15.8 Å². The summed E-state index contributed by atoms with van der Waals surface area (Å²) in [6, 6.07) is 7.43. The first-order chi connectivity index (χ1) is 10.6. The number of benzene rings is 1. The fourth-order valence-corrected chi connectivity index (χ4v) is 2.79. The minimum atomic E-state index is -0.456. The van der Waals surface area contributed by atoms with E-state index in [1.807, 2.05) is 0 Å². The molecular weight excluding hydrogens is 285 g/mol. The molecule has 2 heterocycles. The predicted molar refractivity (Wildman–Crippen MR) is 82.3 cm³/mol. The lowest BCUT2D eigenvalue weighted by Crippen LogP contribution is -2.29. The van der Waals surface area contributed by atoms with E-state index in [0.29, 0.717) is 5.56 Å². The Morgan fingerprint density at radius 1 is 1.14 bits per heavy atom. The molecular formula is C16H16FN3O2. The van der Waals surface area contributed by atoms with E-state index in [0.717, 1.165) is 31.6 Å². The fourth-order valence-electron chi connectivity index (χ4n) is 2.79. The van der Waals surface area contributed by atoms with Gasteiger partial charge in [-0.1, -0.05) is 0 Å². The van der Waals surface area contributed by atoms with Crippen LogP contribution in [0.25, 0.3) is 11.3 Å². The highest BCUT2D eigenvalue weighted by Gasteiger charge is 2.20. The Labute approximate surface area is 127 Å². The Bertz CT molecular complexity index is 700. The normalized spacial score (nSPS) is 14.9. The highest BCUT2D eigenvalue weighted by atomic mass is 19.1. The van der Waals surface area contributed by atoms with Crippen LogP contribution in [0.15, 0.2) is 36.5 Å². The molecule has 0 amide bonds. The third kappa shape index (κ3) is 2.90. The number of piperidine rings is 1. The zero-order valence-corrected chi connectivity index (χ0v) is 12.0. The molecule has 1 aliphatic heterocycles. The number of anilines is 1. The Morgan fingerprint density at radius 2 is 1.91 bits per heavy atom. The lowest BCUT2D eigenvalue weighted by atomic mass is 10.1. The van der Waals surface area contributed by atoms with Gasteiger partial charge in [-0.15, -0.1) is 0 Å². The van der Waals surface area contributed by atoms with Crippen molar-refractivity contribution in [3.8, 4) is 11.3 Å². The molecule has 0 atom stereocenters. The van der Waals surface area contributed by atoms with Crippen LogP contribution in [-0.4, -0.2) is 23.0 Å². The number of pyridine rings is 1. The molecule has 5 nitrogen and oxygen atoms in total. The Kier molecular flexibility index (Phi) is 4.00. The molecule has 22 heavy (non-hydrogen) atoms. The second kappa shape index (κ2) is 6.09. The number of aromatic nitrogens is 1. The summed E-state index contributed by atoms with van der Waals surface area (Å²) in [4.78, 5) is 17.1. The van der Waals surface area contributed by atoms with Crippen LogP contribution in [-0.2, 0) is 0 Å². The van der Waals surface area contributed by atoms with Crippen molar-refractivity contribution < 1.29 is 9.31 Å². The van der Waals surface area contributed by atoms with Crippen LogP contribution < -0.4 is 4.90 Å². The summed E-state index contributed by atoms with van der Waals surface area (Å²) in [5.41, 5.74) is 1.50. The van der Waals surface area contributed by atoms with Crippen molar-refractivity contribution in [3.05, 3.63) is 52.5 Å². The van der Waals surface area contributed by atoms with Gasteiger partial charge in [0.2, 0.25) is 0 Å². The first-order valence-electron chi connectivity index (χ1n) is 7.30. The van der Waals surface area contributed by atoms with Gasteiger partial charge in [-0.2, -0.15) is 0 Å². The minimum absolute atomic E-state index is 0.0566. The lowest BCUT2D eigenvalue weighted by Gasteiger charge is -2.29. The zero-order valence-electron chi connectivity index (χ0n) is 12.0. The van der Waals surface area contributed by atoms with Crippen LogP contribution in [0.5, 0.6) is 0 Å². The van der Waals surface area contributed by atoms with Gasteiger partial charge in [0.1, 0.15) is 5.82 Å². The lowest BCUT2D eigenvalue weighted by molar-refractivity contribution is -0.384. The molecule has 0 radical (unpaired) electrons. The molecule has 114 valence electrons. The van der Waals surface area contributed by atoms with Crippen molar-refractivity contribution in [1.29, 1.82) is 0 Å². The number of nitro benzene ring substituents is 1. The van der Waals surface area contributed by atoms with Crippen LogP contribution in [0.2, 0.25) is 0 Å². The molecule has 1 fully saturated rings. The van der Waals surface area contributed by atoms with Crippen molar-refractivity contribution in [1.82, 2.24) is 4.98 Å². The summed E-state index contributed by atoms with van der Waals surface area (Å²) < 4.78 is 13.4. The van der Waals surface area contributed by atoms with Gasteiger partial charge in [-0.05, 0) is 37.5 Å². The van der Waals surface area contributed by atoms with Gasteiger partial charge >= 0.3 is 0 Å².